The molecular weight excluding hydrogens is 500 g/mol. The topological polar surface area (TPSA) is 91.6 Å². The molecule has 0 atom stereocenters. The van der Waals surface area contributed by atoms with Gasteiger partial charge < -0.3 is 9.80 Å². The van der Waals surface area contributed by atoms with Crippen LogP contribution in [0.1, 0.15) is 55.9 Å². The van der Waals surface area contributed by atoms with Crippen LogP contribution >= 0.6 is 11.6 Å². The van der Waals surface area contributed by atoms with E-state index in [2.05, 4.69) is 50.0 Å². The van der Waals surface area contributed by atoms with Gasteiger partial charge in [-0.15, -0.1) is 0 Å². The molecule has 10 heteroatoms. The predicted molar refractivity (Wildman–Crippen MR) is 152 cm³/mol. The Labute approximate surface area is 232 Å². The molecule has 1 N–H and O–H groups in total. The van der Waals surface area contributed by atoms with Gasteiger partial charge in [-0.05, 0) is 56.2 Å². The Kier molecular flexibility index (Phi) is 11.7. The third-order valence-electron chi connectivity index (χ3n) is 6.77. The number of hydrazine groups is 1. The largest absolute Gasteiger partial charge is 0.304 e. The smallest absolute Gasteiger partial charge is 0.272 e. The van der Waals surface area contributed by atoms with Crippen LogP contribution < -0.4 is 5.43 Å². The Bertz CT molecular complexity index is 1080. The highest BCUT2D eigenvalue weighted by atomic mass is 35.5. The van der Waals surface area contributed by atoms with E-state index in [0.29, 0.717) is 12.1 Å². The molecule has 9 nitrogen and oxygen atoms in total. The van der Waals surface area contributed by atoms with Gasteiger partial charge in [-0.25, -0.2) is 4.98 Å². The Morgan fingerprint density at radius 2 is 1.89 bits per heavy atom. The van der Waals surface area contributed by atoms with E-state index in [1.165, 1.54) is 24.2 Å². The summed E-state index contributed by atoms with van der Waals surface area (Å²) in [5.74, 6) is 0.249. The standard InChI is InChI=1S/C28H41ClN8O/c1-5-34(6-2)11-8-12-35-13-15-36(16-14-35)21-23-9-7-10-24(17-23)28(38)37(20-22(3)4)33-27-25(29)19-31-26(18-30)32-27/h7,9-10,17,19,22H,5-6,8,11-16,20-21H2,1-4H3,(H,31,32,33). The fourth-order valence-corrected chi connectivity index (χ4v) is 4.75. The van der Waals surface area contributed by atoms with Gasteiger partial charge >= 0.3 is 0 Å². The number of piperazine rings is 1. The molecule has 206 valence electrons. The van der Waals surface area contributed by atoms with Crippen LogP contribution in [-0.2, 0) is 6.54 Å². The van der Waals surface area contributed by atoms with Crippen LogP contribution in [-0.4, -0.2) is 94.5 Å². The maximum Gasteiger partial charge on any atom is 0.272 e. The molecule has 0 spiro atoms. The molecule has 0 unspecified atom stereocenters. The van der Waals surface area contributed by atoms with E-state index in [1.54, 1.807) is 0 Å². The number of nitrogens with zero attached hydrogens (tertiary/aromatic N) is 7. The second-order valence-corrected chi connectivity index (χ2v) is 10.5. The van der Waals surface area contributed by atoms with Crippen LogP contribution in [0.4, 0.5) is 5.82 Å². The minimum Gasteiger partial charge on any atom is -0.304 e. The third kappa shape index (κ3) is 8.91. The van der Waals surface area contributed by atoms with Crippen LogP contribution in [0, 0.1) is 17.2 Å². The van der Waals surface area contributed by atoms with Gasteiger partial charge in [-0.2, -0.15) is 10.2 Å². The summed E-state index contributed by atoms with van der Waals surface area (Å²) >= 11 is 6.24. The number of amides is 1. The van der Waals surface area contributed by atoms with Crippen LogP contribution in [0.25, 0.3) is 0 Å². The molecule has 1 aliphatic rings. The van der Waals surface area contributed by atoms with E-state index < -0.39 is 0 Å². The molecular formula is C28H41ClN8O. The van der Waals surface area contributed by atoms with E-state index in [-0.39, 0.29) is 28.5 Å². The van der Waals surface area contributed by atoms with Gasteiger partial charge in [0.1, 0.15) is 11.1 Å². The highest BCUT2D eigenvalue weighted by molar-refractivity contribution is 6.32. The number of anilines is 1. The fourth-order valence-electron chi connectivity index (χ4n) is 4.62. The number of benzene rings is 1. The average molecular weight is 541 g/mol. The van der Waals surface area contributed by atoms with Gasteiger partial charge in [0.25, 0.3) is 5.91 Å². The maximum absolute atomic E-state index is 13.5. The lowest BCUT2D eigenvalue weighted by Gasteiger charge is -2.35. The third-order valence-corrected chi connectivity index (χ3v) is 7.04. The summed E-state index contributed by atoms with van der Waals surface area (Å²) < 4.78 is 0. The van der Waals surface area contributed by atoms with Gasteiger partial charge in [-0.3, -0.25) is 20.1 Å². The van der Waals surface area contributed by atoms with E-state index >= 15 is 0 Å². The minimum absolute atomic E-state index is 0.0140. The first-order chi connectivity index (χ1) is 18.3. The number of aromatic nitrogens is 2. The molecule has 1 amide bonds. The number of hydrogen-bond donors (Lipinski definition) is 1. The SMILES string of the molecule is CCN(CC)CCCN1CCN(Cc2cccc(C(=O)N(CC(C)C)Nc3nc(C#N)ncc3Cl)c2)CC1. The zero-order valence-corrected chi connectivity index (χ0v) is 23.9. The van der Waals surface area contributed by atoms with E-state index in [9.17, 15) is 4.79 Å². The fraction of sp³-hybridized carbons (Fsp3) is 0.571. The molecule has 2 heterocycles. The molecule has 0 aliphatic carbocycles. The molecule has 0 saturated carbocycles. The number of carbonyl (C=O) groups is 1. The first-order valence-electron chi connectivity index (χ1n) is 13.6. The predicted octanol–water partition coefficient (Wildman–Crippen LogP) is 3.98. The highest BCUT2D eigenvalue weighted by Crippen LogP contribution is 2.20. The number of halogens is 1. The van der Waals surface area contributed by atoms with Gasteiger partial charge in [0.05, 0.1) is 6.20 Å². The average Bonchev–Trinajstić information content (AvgIpc) is 2.92. The number of nitriles is 1. The Morgan fingerprint density at radius 3 is 2.55 bits per heavy atom. The van der Waals surface area contributed by atoms with E-state index in [1.807, 2.05) is 38.1 Å². The van der Waals surface area contributed by atoms with Gasteiger partial charge in [0, 0.05) is 44.8 Å². The molecule has 1 aliphatic heterocycles. The zero-order chi connectivity index (χ0) is 27.5. The van der Waals surface area contributed by atoms with E-state index in [0.717, 1.165) is 57.9 Å². The lowest BCUT2D eigenvalue weighted by atomic mass is 10.1. The van der Waals surface area contributed by atoms with Crippen molar-refractivity contribution in [1.82, 2.24) is 29.7 Å². The van der Waals surface area contributed by atoms with Crippen LogP contribution in [0.5, 0.6) is 0 Å². The lowest BCUT2D eigenvalue weighted by molar-refractivity contribution is 0.0776. The van der Waals surface area contributed by atoms with E-state index in [4.69, 9.17) is 16.9 Å². The van der Waals surface area contributed by atoms with Gasteiger partial charge in [-0.1, -0.05) is 51.4 Å². The van der Waals surface area contributed by atoms with Crippen LogP contribution in [0.2, 0.25) is 5.02 Å². The normalized spacial score (nSPS) is 14.6. The Hall–Kier alpha value is -2.77. The molecule has 1 fully saturated rings. The first-order valence-corrected chi connectivity index (χ1v) is 14.0. The van der Waals surface area contributed by atoms with Crippen molar-refractivity contribution in [3.8, 4) is 6.07 Å². The van der Waals surface area contributed by atoms with Crippen molar-refractivity contribution in [3.05, 3.63) is 52.4 Å². The van der Waals surface area contributed by atoms with Crippen molar-refractivity contribution < 1.29 is 4.79 Å². The molecule has 3 rings (SSSR count). The molecule has 1 saturated heterocycles. The second kappa shape index (κ2) is 15.0. The first kappa shape index (κ1) is 29.8. The minimum atomic E-state index is -0.174. The number of hydrogen-bond acceptors (Lipinski definition) is 8. The summed E-state index contributed by atoms with van der Waals surface area (Å²) in [4.78, 5) is 29.0. The molecule has 2 aromatic rings. The van der Waals surface area contributed by atoms with Gasteiger partial charge in [0.15, 0.2) is 5.82 Å². The lowest BCUT2D eigenvalue weighted by Crippen LogP contribution is -2.46. The van der Waals surface area contributed by atoms with Crippen LogP contribution in [0.15, 0.2) is 30.5 Å². The summed E-state index contributed by atoms with van der Waals surface area (Å²) in [6.45, 7) is 18.5. The number of nitrogens with one attached hydrogen (secondary N) is 1. The second-order valence-electron chi connectivity index (χ2n) is 10.1. The van der Waals surface area contributed by atoms with Crippen molar-refractivity contribution in [2.24, 2.45) is 5.92 Å². The molecule has 0 bridgehead atoms. The molecule has 0 radical (unpaired) electrons. The summed E-state index contributed by atoms with van der Waals surface area (Å²) in [5.41, 5.74) is 4.73. The number of carbonyl (C=O) groups excluding carboxylic acids is 1. The Balaban J connectivity index is 1.59. The van der Waals surface area contributed by atoms with Gasteiger partial charge in [0.2, 0.25) is 5.82 Å². The quantitative estimate of drug-likeness (QED) is 0.381. The Morgan fingerprint density at radius 1 is 1.18 bits per heavy atom. The summed E-state index contributed by atoms with van der Waals surface area (Å²) in [7, 11) is 0. The zero-order valence-electron chi connectivity index (χ0n) is 23.2. The molecule has 1 aromatic heterocycles. The van der Waals surface area contributed by atoms with Crippen molar-refractivity contribution in [2.45, 2.75) is 40.7 Å². The summed E-state index contributed by atoms with van der Waals surface area (Å²) in [6.07, 6.45) is 2.57. The van der Waals surface area contributed by atoms with Crippen molar-refractivity contribution in [3.63, 3.8) is 0 Å². The molecule has 38 heavy (non-hydrogen) atoms. The highest BCUT2D eigenvalue weighted by Gasteiger charge is 2.21. The summed E-state index contributed by atoms with van der Waals surface area (Å²) in [6, 6.07) is 9.72. The maximum atomic E-state index is 13.5. The number of rotatable bonds is 13. The van der Waals surface area contributed by atoms with Crippen molar-refractivity contribution in [1.29, 1.82) is 5.26 Å². The van der Waals surface area contributed by atoms with Crippen molar-refractivity contribution >= 4 is 23.3 Å². The van der Waals surface area contributed by atoms with Crippen molar-refractivity contribution in [2.75, 3.05) is 64.3 Å². The molecule has 1 aromatic carbocycles. The summed E-state index contributed by atoms with van der Waals surface area (Å²) in [5, 5.41) is 10.9. The monoisotopic (exact) mass is 540 g/mol. The van der Waals surface area contributed by atoms with Crippen LogP contribution in [0.3, 0.4) is 0 Å².